The van der Waals surface area contributed by atoms with E-state index in [1.807, 2.05) is 0 Å². The summed E-state index contributed by atoms with van der Waals surface area (Å²) in [5.41, 5.74) is 6.60. The van der Waals surface area contributed by atoms with Crippen LogP contribution in [-0.4, -0.2) is 54.6 Å². The highest BCUT2D eigenvalue weighted by molar-refractivity contribution is 7.14. The van der Waals surface area contributed by atoms with Crippen molar-refractivity contribution in [3.05, 3.63) is 12.0 Å². The van der Waals surface area contributed by atoms with Crippen molar-refractivity contribution in [2.45, 2.75) is 24.4 Å². The normalized spacial score (nSPS) is 31.1. The van der Waals surface area contributed by atoms with Gasteiger partial charge in [-0.05, 0) is 11.5 Å². The van der Waals surface area contributed by atoms with E-state index in [1.54, 1.807) is 0 Å². The Kier molecular flexibility index (Phi) is 3.07. The summed E-state index contributed by atoms with van der Waals surface area (Å²) in [7, 11) is 0. The topological polar surface area (TPSA) is 135 Å². The minimum atomic E-state index is -1.17. The van der Waals surface area contributed by atoms with Gasteiger partial charge in [0.25, 0.3) is 0 Å². The summed E-state index contributed by atoms with van der Waals surface area (Å²) in [6.07, 6.45) is -2.70. The molecule has 3 heterocycles. The first-order valence-electron chi connectivity index (χ1n) is 5.61. The third kappa shape index (κ3) is 1.86. The largest absolute Gasteiger partial charge is 0.394 e. The maximum absolute atomic E-state index is 9.96. The minimum Gasteiger partial charge on any atom is -0.394 e. The van der Waals surface area contributed by atoms with Gasteiger partial charge in [-0.2, -0.15) is 4.37 Å². The minimum absolute atomic E-state index is 0.306. The van der Waals surface area contributed by atoms with E-state index in [4.69, 9.17) is 15.6 Å². The number of ether oxygens (including phenoxy) is 1. The fourth-order valence-corrected chi connectivity index (χ4v) is 2.88. The maximum Gasteiger partial charge on any atom is 0.146 e. The maximum atomic E-state index is 9.96. The second-order valence-corrected chi connectivity index (χ2v) is 5.04. The Morgan fingerprint density at radius 1 is 1.32 bits per heavy atom. The van der Waals surface area contributed by atoms with E-state index < -0.39 is 24.4 Å². The van der Waals surface area contributed by atoms with Crippen molar-refractivity contribution in [2.75, 3.05) is 12.3 Å². The first-order valence-corrected chi connectivity index (χ1v) is 6.39. The van der Waals surface area contributed by atoms with Gasteiger partial charge in [-0.1, -0.05) is 0 Å². The van der Waals surface area contributed by atoms with Crippen LogP contribution in [0.1, 0.15) is 11.8 Å². The lowest BCUT2D eigenvalue weighted by Gasteiger charge is -2.12. The second-order valence-electron chi connectivity index (χ2n) is 4.26. The summed E-state index contributed by atoms with van der Waals surface area (Å²) in [4.78, 5) is 7.94. The molecule has 1 saturated heterocycles. The van der Waals surface area contributed by atoms with Gasteiger partial charge < -0.3 is 25.8 Å². The average Bonchev–Trinajstić information content (AvgIpc) is 2.94. The monoisotopic (exact) mass is 284 g/mol. The molecule has 3 rings (SSSR count). The molecule has 0 aromatic carbocycles. The number of nitrogen functional groups attached to an aromatic ring is 1. The number of rotatable bonds is 2. The molecule has 2 aromatic rings. The molecule has 5 N–H and O–H groups in total. The molecule has 0 radical (unpaired) electrons. The number of fused-ring (bicyclic) bond motifs is 1. The van der Waals surface area contributed by atoms with Crippen LogP contribution in [0.2, 0.25) is 0 Å². The zero-order chi connectivity index (χ0) is 13.6. The number of nitrogens with two attached hydrogens (primary N) is 1. The van der Waals surface area contributed by atoms with Crippen molar-refractivity contribution < 1.29 is 20.1 Å². The molecule has 0 amide bonds. The predicted octanol–water partition coefficient (Wildman–Crippen LogP) is -1.18. The van der Waals surface area contributed by atoms with Crippen LogP contribution in [0.3, 0.4) is 0 Å². The Hall–Kier alpha value is -1.39. The molecule has 4 atom stereocenters. The van der Waals surface area contributed by atoms with Gasteiger partial charge in [0.1, 0.15) is 52.5 Å². The van der Waals surface area contributed by atoms with Crippen molar-refractivity contribution in [3.8, 4) is 0 Å². The highest BCUT2D eigenvalue weighted by Crippen LogP contribution is 2.37. The van der Waals surface area contributed by atoms with Crippen LogP contribution >= 0.6 is 11.5 Å². The molecule has 0 aliphatic carbocycles. The molecular formula is C10H12N4O4S. The molecule has 8 nitrogen and oxygen atoms in total. The van der Waals surface area contributed by atoms with E-state index in [9.17, 15) is 10.2 Å². The van der Waals surface area contributed by atoms with E-state index in [1.165, 1.54) is 6.33 Å². The van der Waals surface area contributed by atoms with E-state index in [2.05, 4.69) is 14.3 Å². The van der Waals surface area contributed by atoms with Crippen molar-refractivity contribution >= 4 is 27.6 Å². The molecular weight excluding hydrogens is 272 g/mol. The quantitative estimate of drug-likeness (QED) is 0.541. The Bertz CT molecular complexity index is 606. The summed E-state index contributed by atoms with van der Waals surface area (Å²) in [5.74, 6) is 0.306. The molecule has 1 fully saturated rings. The van der Waals surface area contributed by atoms with Gasteiger partial charge in [0, 0.05) is 0 Å². The SMILES string of the molecule is Nc1ncnc2c([C@@H]3O[C@H](CO)[C@@H](O)[C@H]3O)nsc12. The molecule has 1 aliphatic heterocycles. The van der Waals surface area contributed by atoms with E-state index >= 15 is 0 Å². The standard InChI is InChI=1S/C10H12N4O4S/c11-10-9-5(12-2-13-10)4(14-19-9)8-7(17)6(16)3(1-15)18-8/h2-3,6-8,15-17H,1H2,(H2,11,12,13)/t3-,6-,7-,8+/m1/s1. The van der Waals surface area contributed by atoms with Crippen molar-refractivity contribution in [1.29, 1.82) is 0 Å². The molecule has 19 heavy (non-hydrogen) atoms. The lowest BCUT2D eigenvalue weighted by atomic mass is 10.1. The van der Waals surface area contributed by atoms with Crippen LogP contribution in [0, 0.1) is 0 Å². The summed E-state index contributed by atoms with van der Waals surface area (Å²) < 4.78 is 10.2. The van der Waals surface area contributed by atoms with Crippen LogP contribution in [0.5, 0.6) is 0 Å². The van der Waals surface area contributed by atoms with Gasteiger partial charge in [0.15, 0.2) is 0 Å². The van der Waals surface area contributed by atoms with Crippen LogP contribution in [0.15, 0.2) is 6.33 Å². The summed E-state index contributed by atoms with van der Waals surface area (Å²) in [5, 5.41) is 28.8. The summed E-state index contributed by atoms with van der Waals surface area (Å²) in [6.45, 7) is -0.381. The van der Waals surface area contributed by atoms with Crippen LogP contribution in [-0.2, 0) is 4.74 Å². The molecule has 2 aromatic heterocycles. The Morgan fingerprint density at radius 2 is 2.11 bits per heavy atom. The van der Waals surface area contributed by atoms with E-state index in [0.717, 1.165) is 11.5 Å². The molecule has 9 heteroatoms. The Morgan fingerprint density at radius 3 is 2.79 bits per heavy atom. The van der Waals surface area contributed by atoms with Gasteiger partial charge in [-0.15, -0.1) is 0 Å². The highest BCUT2D eigenvalue weighted by atomic mass is 32.1. The number of aliphatic hydroxyl groups is 3. The lowest BCUT2D eigenvalue weighted by molar-refractivity contribution is -0.0233. The zero-order valence-corrected chi connectivity index (χ0v) is 10.5. The Labute approximate surface area is 111 Å². The predicted molar refractivity (Wildman–Crippen MR) is 66.3 cm³/mol. The third-order valence-corrected chi connectivity index (χ3v) is 3.99. The third-order valence-electron chi connectivity index (χ3n) is 3.12. The fraction of sp³-hybridized carbons (Fsp3) is 0.500. The van der Waals surface area contributed by atoms with Crippen LogP contribution in [0.25, 0.3) is 10.2 Å². The molecule has 102 valence electrons. The van der Waals surface area contributed by atoms with Crippen molar-refractivity contribution in [2.24, 2.45) is 0 Å². The van der Waals surface area contributed by atoms with Crippen LogP contribution in [0.4, 0.5) is 5.82 Å². The molecule has 0 bridgehead atoms. The van der Waals surface area contributed by atoms with Crippen LogP contribution < -0.4 is 5.73 Å². The van der Waals surface area contributed by atoms with Gasteiger partial charge in [-0.3, -0.25) is 0 Å². The number of nitrogens with zero attached hydrogens (tertiary/aromatic N) is 3. The van der Waals surface area contributed by atoms with Crippen molar-refractivity contribution in [3.63, 3.8) is 0 Å². The van der Waals surface area contributed by atoms with Gasteiger partial charge >= 0.3 is 0 Å². The van der Waals surface area contributed by atoms with Gasteiger partial charge in [-0.25, -0.2) is 9.97 Å². The average molecular weight is 284 g/mol. The lowest BCUT2D eigenvalue weighted by Crippen LogP contribution is -2.32. The number of anilines is 1. The molecule has 1 aliphatic rings. The molecule has 0 unspecified atom stereocenters. The number of aliphatic hydroxyl groups excluding tert-OH is 3. The molecule has 0 saturated carbocycles. The number of hydrogen-bond donors (Lipinski definition) is 4. The Balaban J connectivity index is 2.04. The number of aromatic nitrogens is 3. The molecule has 0 spiro atoms. The number of hydrogen-bond acceptors (Lipinski definition) is 9. The first kappa shape index (κ1) is 12.6. The summed E-state index contributed by atoms with van der Waals surface area (Å²) in [6, 6.07) is 0. The zero-order valence-electron chi connectivity index (χ0n) is 9.67. The smallest absolute Gasteiger partial charge is 0.146 e. The first-order chi connectivity index (χ1) is 9.13. The van der Waals surface area contributed by atoms with Crippen molar-refractivity contribution in [1.82, 2.24) is 14.3 Å². The van der Waals surface area contributed by atoms with Gasteiger partial charge in [0.05, 0.1) is 6.61 Å². The summed E-state index contributed by atoms with van der Waals surface area (Å²) >= 11 is 1.10. The highest BCUT2D eigenvalue weighted by Gasteiger charge is 2.45. The second kappa shape index (κ2) is 4.62. The fourth-order valence-electron chi connectivity index (χ4n) is 2.11. The van der Waals surface area contributed by atoms with E-state index in [-0.39, 0.29) is 6.61 Å². The van der Waals surface area contributed by atoms with Gasteiger partial charge in [0.2, 0.25) is 0 Å². The van der Waals surface area contributed by atoms with E-state index in [0.29, 0.717) is 21.7 Å².